The third-order valence-corrected chi connectivity index (χ3v) is 15.4. The summed E-state index contributed by atoms with van der Waals surface area (Å²) in [6, 6.07) is 0.619. The van der Waals surface area contributed by atoms with Crippen molar-refractivity contribution in [3.8, 4) is 0 Å². The van der Waals surface area contributed by atoms with E-state index >= 15 is 0 Å². The minimum absolute atomic E-state index is 0.0673. The highest BCUT2D eigenvalue weighted by Crippen LogP contribution is 2.71. The van der Waals surface area contributed by atoms with Crippen LogP contribution in [0.15, 0.2) is 23.1 Å². The van der Waals surface area contributed by atoms with Gasteiger partial charge in [0.1, 0.15) is 4.90 Å². The smallest absolute Gasteiger partial charge is 0.215 e. The highest BCUT2D eigenvalue weighted by atomic mass is 32.3. The molecule has 212 valence electrons. The van der Waals surface area contributed by atoms with Gasteiger partial charge in [-0.3, -0.25) is 0 Å². The molecule has 4 rings (SSSR count). The molecule has 0 bridgehead atoms. The van der Waals surface area contributed by atoms with Crippen molar-refractivity contribution in [2.24, 2.45) is 0 Å². The van der Waals surface area contributed by atoms with Gasteiger partial charge in [0, 0.05) is 15.7 Å². The summed E-state index contributed by atoms with van der Waals surface area (Å²) in [7, 11) is -7.60. The van der Waals surface area contributed by atoms with Crippen molar-refractivity contribution in [1.29, 1.82) is 0 Å². The Bertz CT molecular complexity index is 974. The standard InChI is InChI=1S/C26H36F6O3S2/c27-25(28,29)19-16-17-23(26(30,31)32)24(18-19)37(33,34)35-36(20-10-4-1-5-11-20,21-12-6-2-7-13-21)22-14-8-3-9-15-22/h16-18,20-22H,1-15H2. The van der Waals surface area contributed by atoms with Crippen LogP contribution in [0.25, 0.3) is 0 Å². The van der Waals surface area contributed by atoms with Crippen molar-refractivity contribution in [1.82, 2.24) is 0 Å². The molecule has 0 aliphatic heterocycles. The summed E-state index contributed by atoms with van der Waals surface area (Å²) in [6.07, 6.45) is 2.86. The molecule has 3 saturated carbocycles. The van der Waals surface area contributed by atoms with Gasteiger partial charge in [-0.2, -0.15) is 34.8 Å². The van der Waals surface area contributed by atoms with E-state index in [9.17, 15) is 34.8 Å². The second-order valence-corrected chi connectivity index (χ2v) is 16.0. The van der Waals surface area contributed by atoms with Gasteiger partial charge in [0.05, 0.1) is 11.1 Å². The maximum Gasteiger partial charge on any atom is 0.417 e. The Morgan fingerprint density at radius 1 is 0.622 bits per heavy atom. The van der Waals surface area contributed by atoms with Crippen LogP contribution in [0.5, 0.6) is 0 Å². The van der Waals surface area contributed by atoms with Crippen LogP contribution in [-0.2, 0) is 26.1 Å². The second kappa shape index (κ2) is 11.3. The molecule has 1 aromatic rings. The molecule has 3 aliphatic carbocycles. The summed E-state index contributed by atoms with van der Waals surface area (Å²) in [6.45, 7) is 0. The number of alkyl halides is 6. The molecule has 0 atom stereocenters. The topological polar surface area (TPSA) is 43.4 Å². The normalized spacial score (nSPS) is 22.8. The van der Waals surface area contributed by atoms with Crippen LogP contribution in [0.3, 0.4) is 0 Å². The molecule has 3 nitrogen and oxygen atoms in total. The average molecular weight is 575 g/mol. The van der Waals surface area contributed by atoms with Crippen LogP contribution in [0, 0.1) is 0 Å². The van der Waals surface area contributed by atoms with E-state index in [1.807, 2.05) is 0 Å². The van der Waals surface area contributed by atoms with Crippen LogP contribution in [0.2, 0.25) is 0 Å². The third kappa shape index (κ3) is 6.29. The quantitative estimate of drug-likeness (QED) is 0.318. The predicted molar refractivity (Wildman–Crippen MR) is 133 cm³/mol. The summed E-state index contributed by atoms with van der Waals surface area (Å²) in [5, 5.41) is -0.202. The summed E-state index contributed by atoms with van der Waals surface area (Å²) in [5.74, 6) is 0. The van der Waals surface area contributed by atoms with Crippen molar-refractivity contribution < 1.29 is 38.4 Å². The van der Waals surface area contributed by atoms with Gasteiger partial charge in [0.2, 0.25) is 0 Å². The number of halogens is 6. The number of benzene rings is 1. The molecule has 0 heterocycles. The average Bonchev–Trinajstić information content (AvgIpc) is 2.87. The first-order valence-corrected chi connectivity index (χ1v) is 16.6. The first-order valence-electron chi connectivity index (χ1n) is 13.4. The largest absolute Gasteiger partial charge is 0.417 e. The van der Waals surface area contributed by atoms with Crippen LogP contribution < -0.4 is 0 Å². The van der Waals surface area contributed by atoms with E-state index in [2.05, 4.69) is 0 Å². The molecule has 0 saturated heterocycles. The first-order chi connectivity index (χ1) is 17.4. The minimum atomic E-state index is -5.15. The van der Waals surface area contributed by atoms with E-state index < -0.39 is 48.8 Å². The van der Waals surface area contributed by atoms with Crippen molar-refractivity contribution >= 4 is 20.4 Å². The molecule has 1 aromatic carbocycles. The minimum Gasteiger partial charge on any atom is -0.215 e. The summed E-state index contributed by atoms with van der Waals surface area (Å²) >= 11 is 0. The lowest BCUT2D eigenvalue weighted by Crippen LogP contribution is -2.42. The monoisotopic (exact) mass is 574 g/mol. The Morgan fingerprint density at radius 2 is 1.03 bits per heavy atom. The van der Waals surface area contributed by atoms with Gasteiger partial charge >= 0.3 is 22.5 Å². The molecule has 0 radical (unpaired) electrons. The van der Waals surface area contributed by atoms with Crippen LogP contribution in [0.4, 0.5) is 26.3 Å². The van der Waals surface area contributed by atoms with E-state index in [0.29, 0.717) is 0 Å². The molecule has 0 unspecified atom stereocenters. The maximum atomic E-state index is 13.9. The highest BCUT2D eigenvalue weighted by molar-refractivity contribution is 8.34. The van der Waals surface area contributed by atoms with E-state index in [0.717, 1.165) is 96.3 Å². The second-order valence-electron chi connectivity index (χ2n) is 10.7. The third-order valence-electron chi connectivity index (χ3n) is 8.31. The van der Waals surface area contributed by atoms with E-state index in [-0.39, 0.29) is 33.9 Å². The zero-order chi connectivity index (χ0) is 26.9. The Labute approximate surface area is 217 Å². The first kappa shape index (κ1) is 29.1. The van der Waals surface area contributed by atoms with Crippen LogP contribution in [0.1, 0.15) is 107 Å². The van der Waals surface area contributed by atoms with Gasteiger partial charge in [-0.25, -0.2) is 3.63 Å². The van der Waals surface area contributed by atoms with E-state index in [1.54, 1.807) is 0 Å². The van der Waals surface area contributed by atoms with E-state index in [4.69, 9.17) is 3.63 Å². The summed E-state index contributed by atoms with van der Waals surface area (Å²) in [4.78, 5) is -1.41. The van der Waals surface area contributed by atoms with Crippen LogP contribution >= 0.6 is 10.3 Å². The van der Waals surface area contributed by atoms with Crippen molar-refractivity contribution in [2.75, 3.05) is 0 Å². The molecule has 0 N–H and O–H groups in total. The molecule has 0 spiro atoms. The zero-order valence-electron chi connectivity index (χ0n) is 20.9. The van der Waals surface area contributed by atoms with Gasteiger partial charge in [-0.05, 0) is 56.7 Å². The SMILES string of the molecule is O=S(=O)(OS(C1CCCCC1)(C1CCCCC1)C1CCCCC1)c1cc(C(F)(F)F)ccc1C(F)(F)F. The molecule has 3 aliphatic rings. The van der Waals surface area contributed by atoms with Gasteiger partial charge in [0.25, 0.3) is 0 Å². The van der Waals surface area contributed by atoms with Crippen molar-refractivity contribution in [3.05, 3.63) is 29.3 Å². The molecular formula is C26H36F6O3S2. The van der Waals surface area contributed by atoms with Gasteiger partial charge in [-0.15, -0.1) is 10.3 Å². The van der Waals surface area contributed by atoms with Crippen molar-refractivity contribution in [3.63, 3.8) is 0 Å². The van der Waals surface area contributed by atoms with E-state index in [1.165, 1.54) is 0 Å². The molecule has 11 heteroatoms. The van der Waals surface area contributed by atoms with Gasteiger partial charge in [0.15, 0.2) is 0 Å². The van der Waals surface area contributed by atoms with Crippen molar-refractivity contribution in [2.45, 2.75) is 129 Å². The summed E-state index contributed by atoms with van der Waals surface area (Å²) < 4.78 is 116. The molecule has 0 aromatic heterocycles. The summed E-state index contributed by atoms with van der Waals surface area (Å²) in [5.41, 5.74) is -3.04. The molecule has 0 amide bonds. The van der Waals surface area contributed by atoms with Gasteiger partial charge < -0.3 is 0 Å². The fraction of sp³-hybridized carbons (Fsp3) is 0.769. The molecule has 37 heavy (non-hydrogen) atoms. The highest BCUT2D eigenvalue weighted by Gasteiger charge is 2.52. The lowest BCUT2D eigenvalue weighted by molar-refractivity contribution is -0.143. The Morgan fingerprint density at radius 3 is 1.38 bits per heavy atom. The Hall–Kier alpha value is -0.940. The Kier molecular flexibility index (Phi) is 8.85. The van der Waals surface area contributed by atoms with Gasteiger partial charge in [-0.1, -0.05) is 57.8 Å². The fourth-order valence-electron chi connectivity index (χ4n) is 6.62. The Balaban J connectivity index is 1.87. The fourth-order valence-corrected chi connectivity index (χ4v) is 15.1. The van der Waals surface area contributed by atoms with Crippen LogP contribution in [-0.4, -0.2) is 24.2 Å². The maximum absolute atomic E-state index is 13.9. The molecular weight excluding hydrogens is 538 g/mol. The lowest BCUT2D eigenvalue weighted by Gasteiger charge is -2.57. The number of rotatable bonds is 6. The lowest BCUT2D eigenvalue weighted by atomic mass is 9.99. The zero-order valence-corrected chi connectivity index (χ0v) is 22.5. The molecule has 3 fully saturated rings. The number of hydrogen-bond acceptors (Lipinski definition) is 3. The predicted octanol–water partition coefficient (Wildman–Crippen LogP) is 9.15. The number of hydrogen-bond donors (Lipinski definition) is 0.